The van der Waals surface area contributed by atoms with Gasteiger partial charge in [-0.2, -0.15) is 0 Å². The first-order valence-electron chi connectivity index (χ1n) is 14.6. The zero-order chi connectivity index (χ0) is 24.5. The molecule has 2 heteroatoms. The second-order valence-electron chi connectivity index (χ2n) is 11.3. The molecule has 2 nitrogen and oxygen atoms in total. The molecule has 0 saturated heterocycles. The van der Waals surface area contributed by atoms with E-state index in [9.17, 15) is 4.79 Å². The predicted molar refractivity (Wildman–Crippen MR) is 146 cm³/mol. The third kappa shape index (κ3) is 7.45. The van der Waals surface area contributed by atoms with Crippen molar-refractivity contribution < 1.29 is 9.53 Å². The summed E-state index contributed by atoms with van der Waals surface area (Å²) in [4.78, 5) is 12.7. The second kappa shape index (κ2) is 13.3. The Labute approximate surface area is 213 Å². The molecule has 190 valence electrons. The van der Waals surface area contributed by atoms with Crippen LogP contribution in [0, 0.1) is 17.8 Å². The summed E-state index contributed by atoms with van der Waals surface area (Å²) in [5.41, 5.74) is 3.34. The van der Waals surface area contributed by atoms with Gasteiger partial charge >= 0.3 is 5.97 Å². The Morgan fingerprint density at radius 2 is 1.37 bits per heavy atom. The molecule has 0 radical (unpaired) electrons. The number of carbonyl (C=O) groups excluding carboxylic acids is 1. The molecule has 2 aromatic rings. The van der Waals surface area contributed by atoms with Crippen molar-refractivity contribution in [2.24, 2.45) is 17.8 Å². The van der Waals surface area contributed by atoms with E-state index in [0.29, 0.717) is 17.2 Å². The van der Waals surface area contributed by atoms with Crippen LogP contribution in [0.25, 0.3) is 0 Å². The molecule has 4 rings (SSSR count). The molecule has 2 fully saturated rings. The molecule has 0 heterocycles. The molecule has 2 saturated carbocycles. The number of unbranched alkanes of at least 4 members (excludes halogenated alkanes) is 2. The number of hydrogen-bond donors (Lipinski definition) is 0. The molecule has 2 aromatic carbocycles. The van der Waals surface area contributed by atoms with Gasteiger partial charge in [0.05, 0.1) is 5.56 Å². The molecule has 0 bridgehead atoms. The number of ether oxygens (including phenoxy) is 1. The Hall–Kier alpha value is -2.09. The molecule has 2 aliphatic rings. The van der Waals surface area contributed by atoms with Crippen LogP contribution in [0.1, 0.15) is 125 Å². The fourth-order valence-corrected chi connectivity index (χ4v) is 6.64. The molecule has 0 aliphatic heterocycles. The van der Waals surface area contributed by atoms with Crippen molar-refractivity contribution in [3.63, 3.8) is 0 Å². The van der Waals surface area contributed by atoms with E-state index in [2.05, 4.69) is 38.1 Å². The maximum absolute atomic E-state index is 12.7. The zero-order valence-electron chi connectivity index (χ0n) is 22.1. The molecule has 0 spiro atoms. The maximum atomic E-state index is 12.7. The first-order chi connectivity index (χ1) is 17.2. The molecular formula is C33H46O2. The molecule has 0 N–H and O–H groups in total. The van der Waals surface area contributed by atoms with E-state index in [0.717, 1.165) is 24.2 Å². The van der Waals surface area contributed by atoms with Crippen LogP contribution in [-0.2, 0) is 6.42 Å². The average Bonchev–Trinajstić information content (AvgIpc) is 2.91. The number of esters is 1. The fourth-order valence-electron chi connectivity index (χ4n) is 6.64. The molecule has 35 heavy (non-hydrogen) atoms. The minimum absolute atomic E-state index is 0.266. The second-order valence-corrected chi connectivity index (χ2v) is 11.3. The van der Waals surface area contributed by atoms with E-state index in [4.69, 9.17) is 4.74 Å². The van der Waals surface area contributed by atoms with Crippen LogP contribution in [0.2, 0.25) is 0 Å². The first kappa shape index (κ1) is 26.0. The number of rotatable bonds is 10. The van der Waals surface area contributed by atoms with Crippen molar-refractivity contribution in [1.29, 1.82) is 0 Å². The number of hydrogen-bond acceptors (Lipinski definition) is 2. The quantitative estimate of drug-likeness (QED) is 0.195. The predicted octanol–water partition coefficient (Wildman–Crippen LogP) is 9.52. The third-order valence-electron chi connectivity index (χ3n) is 8.85. The Kier molecular flexibility index (Phi) is 9.86. The van der Waals surface area contributed by atoms with Crippen LogP contribution in [0.4, 0.5) is 0 Å². The lowest BCUT2D eigenvalue weighted by atomic mass is 9.68. The Morgan fingerprint density at radius 3 is 1.97 bits per heavy atom. The molecule has 0 aromatic heterocycles. The highest BCUT2D eigenvalue weighted by Gasteiger charge is 2.31. The molecule has 2 aliphatic carbocycles. The lowest BCUT2D eigenvalue weighted by molar-refractivity contribution is 0.0734. The van der Waals surface area contributed by atoms with Crippen molar-refractivity contribution >= 4 is 5.97 Å². The molecular weight excluding hydrogens is 428 g/mol. The van der Waals surface area contributed by atoms with Gasteiger partial charge in [-0.15, -0.1) is 0 Å². The van der Waals surface area contributed by atoms with E-state index in [1.807, 2.05) is 24.3 Å². The van der Waals surface area contributed by atoms with Crippen LogP contribution >= 0.6 is 0 Å². The van der Waals surface area contributed by atoms with Crippen LogP contribution in [-0.4, -0.2) is 5.97 Å². The summed E-state index contributed by atoms with van der Waals surface area (Å²) in [6, 6.07) is 16.2. The Morgan fingerprint density at radius 1 is 0.743 bits per heavy atom. The molecule has 0 atom stereocenters. The van der Waals surface area contributed by atoms with E-state index < -0.39 is 0 Å². The highest BCUT2D eigenvalue weighted by molar-refractivity contribution is 5.91. The van der Waals surface area contributed by atoms with Gasteiger partial charge in [0, 0.05) is 0 Å². The number of benzene rings is 2. The minimum atomic E-state index is -0.266. The van der Waals surface area contributed by atoms with Crippen LogP contribution < -0.4 is 4.74 Å². The van der Waals surface area contributed by atoms with Gasteiger partial charge in [-0.05, 0) is 110 Å². The van der Waals surface area contributed by atoms with E-state index in [1.54, 1.807) is 0 Å². The van der Waals surface area contributed by atoms with E-state index >= 15 is 0 Å². The van der Waals surface area contributed by atoms with Crippen molar-refractivity contribution in [2.75, 3.05) is 0 Å². The Balaban J connectivity index is 1.23. The van der Waals surface area contributed by atoms with Gasteiger partial charge in [0.25, 0.3) is 0 Å². The number of carbonyl (C=O) groups is 1. The normalized spacial score (nSPS) is 24.7. The summed E-state index contributed by atoms with van der Waals surface area (Å²) in [5.74, 6) is 3.94. The van der Waals surface area contributed by atoms with Crippen molar-refractivity contribution in [2.45, 2.75) is 110 Å². The maximum Gasteiger partial charge on any atom is 0.343 e. The van der Waals surface area contributed by atoms with Gasteiger partial charge < -0.3 is 4.74 Å². The van der Waals surface area contributed by atoms with Gasteiger partial charge in [0.1, 0.15) is 5.75 Å². The third-order valence-corrected chi connectivity index (χ3v) is 8.85. The summed E-state index contributed by atoms with van der Waals surface area (Å²) in [5, 5.41) is 0. The fraction of sp³-hybridized carbons (Fsp3) is 0.606. The summed E-state index contributed by atoms with van der Waals surface area (Å²) in [6.07, 6.45) is 18.8. The zero-order valence-corrected chi connectivity index (χ0v) is 22.1. The van der Waals surface area contributed by atoms with Gasteiger partial charge in [-0.1, -0.05) is 76.6 Å². The standard InChI is InChI=1S/C33H46O2/c1-3-5-6-8-26-11-23-32(24-12-26)35-33(34)31-21-19-30(20-22-31)29-17-15-28(16-18-29)27-13-9-25(7-4-2)10-14-27/h11-12,19-25,27-29H,3-10,13-18H2,1-2H3/t25-,27-,28-,29-. The van der Waals surface area contributed by atoms with E-state index in [-0.39, 0.29) is 5.97 Å². The topological polar surface area (TPSA) is 26.3 Å². The van der Waals surface area contributed by atoms with Crippen molar-refractivity contribution in [3.8, 4) is 5.75 Å². The van der Waals surface area contributed by atoms with Gasteiger partial charge in [0.2, 0.25) is 0 Å². The highest BCUT2D eigenvalue weighted by Crippen LogP contribution is 2.44. The van der Waals surface area contributed by atoms with E-state index in [1.165, 1.54) is 94.6 Å². The van der Waals surface area contributed by atoms with Crippen LogP contribution in [0.3, 0.4) is 0 Å². The smallest absolute Gasteiger partial charge is 0.343 e. The van der Waals surface area contributed by atoms with Crippen molar-refractivity contribution in [3.05, 3.63) is 65.2 Å². The largest absolute Gasteiger partial charge is 0.423 e. The van der Waals surface area contributed by atoms with Crippen molar-refractivity contribution in [1.82, 2.24) is 0 Å². The summed E-state index contributed by atoms with van der Waals surface area (Å²) in [7, 11) is 0. The first-order valence-corrected chi connectivity index (χ1v) is 14.6. The lowest BCUT2D eigenvalue weighted by Crippen LogP contribution is -2.25. The lowest BCUT2D eigenvalue weighted by Gasteiger charge is -2.38. The summed E-state index contributed by atoms with van der Waals surface area (Å²) in [6.45, 7) is 4.55. The molecule has 0 amide bonds. The summed E-state index contributed by atoms with van der Waals surface area (Å²) >= 11 is 0. The van der Waals surface area contributed by atoms with Gasteiger partial charge in [-0.25, -0.2) is 4.79 Å². The van der Waals surface area contributed by atoms with Gasteiger partial charge in [0.15, 0.2) is 0 Å². The Bertz CT molecular complexity index is 882. The minimum Gasteiger partial charge on any atom is -0.423 e. The molecule has 0 unspecified atom stereocenters. The van der Waals surface area contributed by atoms with Crippen LogP contribution in [0.5, 0.6) is 5.75 Å². The number of aryl methyl sites for hydroxylation is 1. The monoisotopic (exact) mass is 474 g/mol. The highest BCUT2D eigenvalue weighted by atomic mass is 16.5. The van der Waals surface area contributed by atoms with Crippen LogP contribution in [0.15, 0.2) is 48.5 Å². The van der Waals surface area contributed by atoms with Gasteiger partial charge in [-0.3, -0.25) is 0 Å². The SMILES string of the molecule is CCCCCc1ccc(OC(=O)c2ccc([C@H]3CC[C@H]([C@H]4CC[C@H](CCC)CC4)CC3)cc2)cc1. The summed E-state index contributed by atoms with van der Waals surface area (Å²) < 4.78 is 5.63. The average molecular weight is 475 g/mol.